The third kappa shape index (κ3) is 2.46. The van der Waals surface area contributed by atoms with Crippen LogP contribution >= 0.6 is 21.0 Å². The molecule has 0 aliphatic heterocycles. The molecular formula is C10H12NPS. The average molecular weight is 209 g/mol. The Hall–Kier alpha value is -0.510. The smallest absolute Gasteiger partial charge is 0.134 e. The molecule has 0 fully saturated rings. The molecule has 3 heteroatoms. The monoisotopic (exact) mass is 209 g/mol. The molecule has 0 heterocycles. The Kier molecular flexibility index (Phi) is 3.78. The van der Waals surface area contributed by atoms with Crippen LogP contribution in [0.2, 0.25) is 0 Å². The van der Waals surface area contributed by atoms with Crippen molar-refractivity contribution in [3.8, 4) is 5.40 Å². The van der Waals surface area contributed by atoms with Crippen molar-refractivity contribution >= 4 is 21.0 Å². The zero-order chi connectivity index (χ0) is 9.73. The second-order valence-corrected chi connectivity index (χ2v) is 4.69. The number of hydrogen-bond donors (Lipinski definition) is 0. The summed E-state index contributed by atoms with van der Waals surface area (Å²) in [5.41, 5.74) is 1.21. The number of hydrogen-bond acceptors (Lipinski definition) is 2. The van der Waals surface area contributed by atoms with E-state index in [1.807, 2.05) is 18.2 Å². The van der Waals surface area contributed by atoms with Crippen LogP contribution in [0.15, 0.2) is 30.3 Å². The summed E-state index contributed by atoms with van der Waals surface area (Å²) in [6.07, 6.45) is 0.884. The van der Waals surface area contributed by atoms with Gasteiger partial charge in [-0.3, -0.25) is 0 Å². The SMILES string of the molecule is CC(CP)(SC#N)c1ccccc1. The van der Waals surface area contributed by atoms with Crippen molar-refractivity contribution in [2.24, 2.45) is 0 Å². The Morgan fingerprint density at radius 3 is 2.54 bits per heavy atom. The molecule has 1 rings (SSSR count). The van der Waals surface area contributed by atoms with Gasteiger partial charge in [-0.05, 0) is 30.4 Å². The van der Waals surface area contributed by atoms with Gasteiger partial charge in [0.2, 0.25) is 0 Å². The molecule has 0 saturated carbocycles. The van der Waals surface area contributed by atoms with Gasteiger partial charge in [0.15, 0.2) is 0 Å². The van der Waals surface area contributed by atoms with E-state index in [1.54, 1.807) is 0 Å². The standard InChI is InChI=1S/C10H12NPS/c1-10(7-12,13-8-11)9-5-3-2-4-6-9/h2-6H,7,12H2,1H3. The van der Waals surface area contributed by atoms with Crippen LogP contribution < -0.4 is 0 Å². The van der Waals surface area contributed by atoms with Gasteiger partial charge >= 0.3 is 0 Å². The molecule has 0 amide bonds. The summed E-state index contributed by atoms with van der Waals surface area (Å²) in [7, 11) is 2.70. The number of rotatable bonds is 3. The highest BCUT2D eigenvalue weighted by molar-refractivity contribution is 8.04. The summed E-state index contributed by atoms with van der Waals surface area (Å²) >= 11 is 1.32. The predicted molar refractivity (Wildman–Crippen MR) is 61.6 cm³/mol. The summed E-state index contributed by atoms with van der Waals surface area (Å²) < 4.78 is -0.0966. The second kappa shape index (κ2) is 4.65. The molecule has 0 N–H and O–H groups in total. The van der Waals surface area contributed by atoms with Crippen molar-refractivity contribution in [2.45, 2.75) is 11.7 Å². The fourth-order valence-corrected chi connectivity index (χ4v) is 2.13. The van der Waals surface area contributed by atoms with Crippen LogP contribution in [0, 0.1) is 10.7 Å². The number of benzene rings is 1. The largest absolute Gasteiger partial charge is 0.185 e. The van der Waals surface area contributed by atoms with Gasteiger partial charge in [-0.1, -0.05) is 30.3 Å². The van der Waals surface area contributed by atoms with E-state index in [4.69, 9.17) is 5.26 Å². The van der Waals surface area contributed by atoms with Crippen molar-refractivity contribution in [2.75, 3.05) is 6.16 Å². The van der Waals surface area contributed by atoms with Crippen LogP contribution in [-0.2, 0) is 4.75 Å². The van der Waals surface area contributed by atoms with Gasteiger partial charge in [-0.25, -0.2) is 0 Å². The van der Waals surface area contributed by atoms with Crippen molar-refractivity contribution in [3.05, 3.63) is 35.9 Å². The fourth-order valence-electron chi connectivity index (χ4n) is 1.11. The minimum Gasteiger partial charge on any atom is -0.185 e. The fraction of sp³-hybridized carbons (Fsp3) is 0.300. The summed E-state index contributed by atoms with van der Waals surface area (Å²) in [6.45, 7) is 2.09. The maximum absolute atomic E-state index is 8.70. The first-order valence-electron chi connectivity index (χ1n) is 4.05. The molecule has 2 atom stereocenters. The van der Waals surface area contributed by atoms with Gasteiger partial charge in [0.1, 0.15) is 5.40 Å². The normalized spacial score (nSPS) is 14.5. The molecule has 0 saturated heterocycles. The van der Waals surface area contributed by atoms with Crippen LogP contribution in [0.5, 0.6) is 0 Å². The number of thioether (sulfide) groups is 1. The predicted octanol–water partition coefficient (Wildman–Crippen LogP) is 2.99. The third-order valence-corrected chi connectivity index (χ3v) is 4.10. The maximum Gasteiger partial charge on any atom is 0.134 e. The Bertz CT molecular complexity index is 306. The van der Waals surface area contributed by atoms with E-state index < -0.39 is 0 Å². The lowest BCUT2D eigenvalue weighted by Gasteiger charge is -2.24. The van der Waals surface area contributed by atoms with E-state index in [1.165, 1.54) is 17.3 Å². The van der Waals surface area contributed by atoms with Crippen molar-refractivity contribution < 1.29 is 0 Å². The molecule has 0 spiro atoms. The first-order valence-corrected chi connectivity index (χ1v) is 5.69. The van der Waals surface area contributed by atoms with Crippen LogP contribution in [0.4, 0.5) is 0 Å². The molecule has 0 aromatic heterocycles. The highest BCUT2D eigenvalue weighted by atomic mass is 32.2. The van der Waals surface area contributed by atoms with Crippen LogP contribution in [-0.4, -0.2) is 6.16 Å². The van der Waals surface area contributed by atoms with Crippen LogP contribution in [0.25, 0.3) is 0 Å². The van der Waals surface area contributed by atoms with Crippen molar-refractivity contribution in [1.82, 2.24) is 0 Å². The maximum atomic E-state index is 8.70. The summed E-state index contributed by atoms with van der Waals surface area (Å²) in [5, 5.41) is 10.9. The highest BCUT2D eigenvalue weighted by Crippen LogP contribution is 2.36. The van der Waals surface area contributed by atoms with Gasteiger partial charge in [0.25, 0.3) is 0 Å². The van der Waals surface area contributed by atoms with E-state index in [0.717, 1.165) is 6.16 Å². The van der Waals surface area contributed by atoms with Crippen molar-refractivity contribution in [1.29, 1.82) is 5.26 Å². The lowest BCUT2D eigenvalue weighted by molar-refractivity contribution is 0.801. The first-order chi connectivity index (χ1) is 6.23. The van der Waals surface area contributed by atoms with Gasteiger partial charge in [-0.15, -0.1) is 9.24 Å². The molecular weight excluding hydrogens is 197 g/mol. The molecule has 0 radical (unpaired) electrons. The lowest BCUT2D eigenvalue weighted by atomic mass is 10.0. The van der Waals surface area contributed by atoms with Gasteiger partial charge < -0.3 is 0 Å². The number of thiocyanates is 1. The van der Waals surface area contributed by atoms with Crippen LogP contribution in [0.1, 0.15) is 12.5 Å². The molecule has 0 bridgehead atoms. The van der Waals surface area contributed by atoms with Gasteiger partial charge in [0.05, 0.1) is 4.75 Å². The minimum absolute atomic E-state index is 0.0966. The Morgan fingerprint density at radius 1 is 1.46 bits per heavy atom. The van der Waals surface area contributed by atoms with Gasteiger partial charge in [-0.2, -0.15) is 5.26 Å². The zero-order valence-corrected chi connectivity index (χ0v) is 9.50. The topological polar surface area (TPSA) is 23.8 Å². The molecule has 1 aromatic rings. The van der Waals surface area contributed by atoms with E-state index in [9.17, 15) is 0 Å². The Balaban J connectivity index is 2.97. The number of nitriles is 1. The summed E-state index contributed by atoms with van der Waals surface area (Å²) in [6, 6.07) is 10.1. The molecule has 1 aromatic carbocycles. The van der Waals surface area contributed by atoms with Crippen molar-refractivity contribution in [3.63, 3.8) is 0 Å². The lowest BCUT2D eigenvalue weighted by Crippen LogP contribution is -2.18. The minimum atomic E-state index is -0.0966. The molecule has 0 aliphatic carbocycles. The third-order valence-electron chi connectivity index (χ3n) is 2.04. The Labute approximate surface area is 85.7 Å². The molecule has 13 heavy (non-hydrogen) atoms. The zero-order valence-electron chi connectivity index (χ0n) is 7.53. The molecule has 2 unspecified atom stereocenters. The second-order valence-electron chi connectivity index (χ2n) is 2.99. The number of nitrogens with zero attached hydrogens (tertiary/aromatic N) is 1. The van der Waals surface area contributed by atoms with E-state index >= 15 is 0 Å². The van der Waals surface area contributed by atoms with Crippen LogP contribution in [0.3, 0.4) is 0 Å². The average Bonchev–Trinajstić information content (AvgIpc) is 2.19. The Morgan fingerprint density at radius 2 is 2.08 bits per heavy atom. The van der Waals surface area contributed by atoms with E-state index in [2.05, 4.69) is 33.7 Å². The molecule has 1 nitrogen and oxygen atoms in total. The van der Waals surface area contributed by atoms with E-state index in [-0.39, 0.29) is 4.75 Å². The first kappa shape index (κ1) is 10.6. The van der Waals surface area contributed by atoms with E-state index in [0.29, 0.717) is 0 Å². The quantitative estimate of drug-likeness (QED) is 0.564. The summed E-state index contributed by atoms with van der Waals surface area (Å²) in [4.78, 5) is 0. The molecule has 0 aliphatic rings. The summed E-state index contributed by atoms with van der Waals surface area (Å²) in [5.74, 6) is 0. The highest BCUT2D eigenvalue weighted by Gasteiger charge is 2.25. The molecule has 68 valence electrons. The van der Waals surface area contributed by atoms with Gasteiger partial charge in [0, 0.05) is 0 Å².